The van der Waals surface area contributed by atoms with Crippen molar-refractivity contribution < 1.29 is 8.78 Å². The van der Waals surface area contributed by atoms with Gasteiger partial charge in [0.15, 0.2) is 0 Å². The fourth-order valence-electron chi connectivity index (χ4n) is 2.66. The number of hydrogen-bond donors (Lipinski definition) is 1. The largest absolute Gasteiger partial charge is 0.313 e. The lowest BCUT2D eigenvalue weighted by Gasteiger charge is -2.43. The maximum atomic E-state index is 13.3. The smallest absolute Gasteiger partial charge is 0.126 e. The molecule has 1 aromatic carbocycles. The summed E-state index contributed by atoms with van der Waals surface area (Å²) in [5, 5.41) is 3.49. The summed E-state index contributed by atoms with van der Waals surface area (Å²) in [4.78, 5) is 0. The first-order chi connectivity index (χ1) is 8.18. The molecule has 0 amide bonds. The van der Waals surface area contributed by atoms with Crippen molar-refractivity contribution in [2.75, 3.05) is 6.54 Å². The van der Waals surface area contributed by atoms with Gasteiger partial charge in [0.05, 0.1) is 0 Å². The van der Waals surface area contributed by atoms with Crippen molar-refractivity contribution in [3.63, 3.8) is 0 Å². The monoisotopic (exact) mass is 237 g/mol. The molecule has 0 radical (unpaired) electrons. The second-order valence-corrected chi connectivity index (χ2v) is 5.45. The maximum absolute atomic E-state index is 13.3. The Morgan fingerprint density at radius 1 is 1.12 bits per heavy atom. The normalized spacial score (nSPS) is 22.2. The molecule has 0 aliphatic heterocycles. The van der Waals surface area contributed by atoms with Gasteiger partial charge in [-0.25, -0.2) is 8.78 Å². The van der Waals surface area contributed by atoms with Gasteiger partial charge in [0, 0.05) is 24.1 Å². The fraction of sp³-hybridized carbons (Fsp3) is 0.571. The number of halogens is 2. The number of hydrogen-bond acceptors (Lipinski definition) is 1. The molecule has 92 valence electrons. The van der Waals surface area contributed by atoms with Crippen LogP contribution < -0.4 is 5.32 Å². The molecule has 3 rings (SSSR count). The third-order valence-corrected chi connectivity index (χ3v) is 4.09. The molecular weight excluding hydrogens is 220 g/mol. The third kappa shape index (κ3) is 2.21. The Labute approximate surface area is 100 Å². The van der Waals surface area contributed by atoms with Crippen molar-refractivity contribution in [3.05, 3.63) is 35.4 Å². The van der Waals surface area contributed by atoms with E-state index in [1.54, 1.807) is 0 Å². The van der Waals surface area contributed by atoms with Gasteiger partial charge in [0.1, 0.15) is 11.6 Å². The fourth-order valence-corrected chi connectivity index (χ4v) is 2.66. The summed E-state index contributed by atoms with van der Waals surface area (Å²) in [7, 11) is 0. The van der Waals surface area contributed by atoms with Crippen molar-refractivity contribution in [1.29, 1.82) is 0 Å². The van der Waals surface area contributed by atoms with Gasteiger partial charge in [-0.1, -0.05) is 6.42 Å². The predicted octanol–water partition coefficient (Wildman–Crippen LogP) is 3.14. The lowest BCUT2D eigenvalue weighted by molar-refractivity contribution is 0.231. The van der Waals surface area contributed by atoms with Crippen LogP contribution in [0.3, 0.4) is 0 Å². The van der Waals surface area contributed by atoms with E-state index in [1.807, 2.05) is 0 Å². The van der Waals surface area contributed by atoms with Crippen LogP contribution in [0, 0.1) is 11.6 Å². The first-order valence-corrected chi connectivity index (χ1v) is 6.38. The van der Waals surface area contributed by atoms with Crippen molar-refractivity contribution in [1.82, 2.24) is 5.32 Å². The summed E-state index contributed by atoms with van der Waals surface area (Å²) < 4.78 is 26.5. The standard InChI is InChI=1S/C14H17F2N/c15-11-6-10(7-12(16)8-11)14(4-1-5-14)9-17-13-2-3-13/h6-8,13,17H,1-5,9H2. The summed E-state index contributed by atoms with van der Waals surface area (Å²) in [5.41, 5.74) is 0.806. The highest BCUT2D eigenvalue weighted by Crippen LogP contribution is 2.44. The molecule has 2 aliphatic rings. The van der Waals surface area contributed by atoms with E-state index in [0.29, 0.717) is 6.04 Å². The van der Waals surface area contributed by atoms with Crippen LogP contribution >= 0.6 is 0 Å². The minimum absolute atomic E-state index is 0.0223. The molecule has 0 bridgehead atoms. The summed E-state index contributed by atoms with van der Waals surface area (Å²) in [6.07, 6.45) is 5.72. The van der Waals surface area contributed by atoms with E-state index in [-0.39, 0.29) is 5.41 Å². The highest BCUT2D eigenvalue weighted by molar-refractivity contribution is 5.30. The van der Waals surface area contributed by atoms with Crippen LogP contribution in [0.25, 0.3) is 0 Å². The van der Waals surface area contributed by atoms with Gasteiger partial charge in [-0.15, -0.1) is 0 Å². The van der Waals surface area contributed by atoms with E-state index >= 15 is 0 Å². The predicted molar refractivity (Wildman–Crippen MR) is 62.9 cm³/mol. The Morgan fingerprint density at radius 2 is 1.76 bits per heavy atom. The van der Waals surface area contributed by atoms with Crippen LogP contribution in [-0.4, -0.2) is 12.6 Å². The highest BCUT2D eigenvalue weighted by Gasteiger charge is 2.40. The molecule has 0 heterocycles. The van der Waals surface area contributed by atoms with Gasteiger partial charge in [0.2, 0.25) is 0 Å². The van der Waals surface area contributed by atoms with E-state index in [2.05, 4.69) is 5.32 Å². The Balaban J connectivity index is 1.81. The summed E-state index contributed by atoms with van der Waals surface area (Å²) >= 11 is 0. The molecule has 17 heavy (non-hydrogen) atoms. The molecule has 2 aliphatic carbocycles. The van der Waals surface area contributed by atoms with Gasteiger partial charge in [-0.3, -0.25) is 0 Å². The first-order valence-electron chi connectivity index (χ1n) is 6.38. The number of benzene rings is 1. The van der Waals surface area contributed by atoms with Crippen molar-refractivity contribution >= 4 is 0 Å². The molecule has 2 saturated carbocycles. The average molecular weight is 237 g/mol. The molecule has 1 aromatic rings. The maximum Gasteiger partial charge on any atom is 0.126 e. The number of nitrogens with one attached hydrogen (secondary N) is 1. The lowest BCUT2D eigenvalue weighted by Crippen LogP contribution is -2.44. The second kappa shape index (κ2) is 4.05. The SMILES string of the molecule is Fc1cc(F)cc(C2(CNC3CC3)CCC2)c1. The van der Waals surface area contributed by atoms with Gasteiger partial charge in [-0.05, 0) is 43.4 Å². The first kappa shape index (κ1) is 11.1. The van der Waals surface area contributed by atoms with Crippen molar-refractivity contribution in [3.8, 4) is 0 Å². The van der Waals surface area contributed by atoms with Crippen LogP contribution in [0.1, 0.15) is 37.7 Å². The Hall–Kier alpha value is -0.960. The molecule has 2 fully saturated rings. The Kier molecular flexibility index (Phi) is 2.66. The van der Waals surface area contributed by atoms with E-state index < -0.39 is 11.6 Å². The van der Waals surface area contributed by atoms with E-state index in [9.17, 15) is 8.78 Å². The third-order valence-electron chi connectivity index (χ3n) is 4.09. The molecule has 0 saturated heterocycles. The molecule has 0 aromatic heterocycles. The van der Waals surface area contributed by atoms with Crippen LogP contribution in [-0.2, 0) is 5.41 Å². The average Bonchev–Trinajstić information content (AvgIpc) is 2.98. The molecule has 3 heteroatoms. The van der Waals surface area contributed by atoms with Crippen LogP contribution in [0.15, 0.2) is 18.2 Å². The van der Waals surface area contributed by atoms with Gasteiger partial charge < -0.3 is 5.32 Å². The zero-order chi connectivity index (χ0) is 11.9. The van der Waals surface area contributed by atoms with E-state index in [4.69, 9.17) is 0 Å². The van der Waals surface area contributed by atoms with Crippen molar-refractivity contribution in [2.24, 2.45) is 0 Å². The Bertz CT molecular complexity index is 402. The van der Waals surface area contributed by atoms with E-state index in [0.717, 1.165) is 37.4 Å². The van der Waals surface area contributed by atoms with Crippen LogP contribution in [0.5, 0.6) is 0 Å². The summed E-state index contributed by atoms with van der Waals surface area (Å²) in [6, 6.07) is 4.59. The van der Waals surface area contributed by atoms with Crippen molar-refractivity contribution in [2.45, 2.75) is 43.6 Å². The number of rotatable bonds is 4. The molecule has 0 spiro atoms. The lowest BCUT2D eigenvalue weighted by atomic mass is 9.64. The van der Waals surface area contributed by atoms with Crippen LogP contribution in [0.4, 0.5) is 8.78 Å². The topological polar surface area (TPSA) is 12.0 Å². The Morgan fingerprint density at radius 3 is 2.24 bits per heavy atom. The summed E-state index contributed by atoms with van der Waals surface area (Å²) in [5.74, 6) is -0.921. The minimum atomic E-state index is -0.460. The molecule has 0 unspecified atom stereocenters. The summed E-state index contributed by atoms with van der Waals surface area (Å²) in [6.45, 7) is 0.862. The zero-order valence-electron chi connectivity index (χ0n) is 9.81. The highest BCUT2D eigenvalue weighted by atomic mass is 19.1. The van der Waals surface area contributed by atoms with Gasteiger partial charge in [-0.2, -0.15) is 0 Å². The molecule has 1 N–H and O–H groups in total. The molecular formula is C14H17F2N. The molecule has 1 nitrogen and oxygen atoms in total. The van der Waals surface area contributed by atoms with Gasteiger partial charge in [0.25, 0.3) is 0 Å². The molecule has 0 atom stereocenters. The van der Waals surface area contributed by atoms with E-state index in [1.165, 1.54) is 25.0 Å². The zero-order valence-corrected chi connectivity index (χ0v) is 9.81. The van der Waals surface area contributed by atoms with Gasteiger partial charge >= 0.3 is 0 Å². The van der Waals surface area contributed by atoms with Crippen LogP contribution in [0.2, 0.25) is 0 Å². The second-order valence-electron chi connectivity index (χ2n) is 5.45. The quantitative estimate of drug-likeness (QED) is 0.848. The minimum Gasteiger partial charge on any atom is -0.313 e.